The highest BCUT2D eigenvalue weighted by Crippen LogP contribution is 2.23. The van der Waals surface area contributed by atoms with Crippen molar-refractivity contribution in [2.24, 2.45) is 0 Å². The van der Waals surface area contributed by atoms with Gasteiger partial charge < -0.3 is 19.9 Å². The Labute approximate surface area is 182 Å². The molecule has 0 aliphatic carbocycles. The van der Waals surface area contributed by atoms with Crippen LogP contribution < -0.4 is 5.32 Å². The number of nitrogens with one attached hydrogen (secondary N) is 2. The summed E-state index contributed by atoms with van der Waals surface area (Å²) in [5.41, 5.74) is 2.29. The number of hydrogen-bond acceptors (Lipinski definition) is 4. The number of ether oxygens (including phenoxy) is 1. The van der Waals surface area contributed by atoms with E-state index in [1.54, 1.807) is 39.8 Å². The van der Waals surface area contributed by atoms with Crippen LogP contribution in [-0.4, -0.2) is 46.4 Å². The number of esters is 1. The fourth-order valence-corrected chi connectivity index (χ4v) is 3.38. The van der Waals surface area contributed by atoms with Crippen molar-refractivity contribution in [1.29, 1.82) is 0 Å². The molecule has 1 aromatic heterocycles. The lowest BCUT2D eigenvalue weighted by Crippen LogP contribution is -2.49. The van der Waals surface area contributed by atoms with Gasteiger partial charge in [0, 0.05) is 23.8 Å². The number of benzene rings is 1. The number of hydrogen-bond donors (Lipinski definition) is 2. The van der Waals surface area contributed by atoms with Gasteiger partial charge in [0.05, 0.1) is 12.6 Å². The third kappa shape index (κ3) is 5.71. The number of aromatic nitrogens is 1. The minimum Gasteiger partial charge on any atom is -0.461 e. The van der Waals surface area contributed by atoms with Gasteiger partial charge in [-0.1, -0.05) is 12.1 Å². The maximum atomic E-state index is 13.4. The van der Waals surface area contributed by atoms with Gasteiger partial charge in [0.2, 0.25) is 0 Å². The van der Waals surface area contributed by atoms with Crippen LogP contribution in [0.5, 0.6) is 0 Å². The second kappa shape index (κ2) is 10.2. The lowest BCUT2D eigenvalue weighted by atomic mass is 9.99. The number of nitrogens with zero attached hydrogens (tertiary/aromatic N) is 1. The molecule has 2 N–H and O–H groups in total. The van der Waals surface area contributed by atoms with Crippen LogP contribution >= 0.6 is 0 Å². The van der Waals surface area contributed by atoms with E-state index in [2.05, 4.69) is 10.3 Å². The van der Waals surface area contributed by atoms with Crippen LogP contribution in [0.3, 0.4) is 0 Å². The molecule has 1 aromatic carbocycles. The van der Waals surface area contributed by atoms with Crippen molar-refractivity contribution >= 4 is 17.8 Å². The quantitative estimate of drug-likeness (QED) is 0.485. The maximum Gasteiger partial charge on any atom is 0.355 e. The van der Waals surface area contributed by atoms with E-state index in [4.69, 9.17) is 4.74 Å². The molecule has 1 heterocycles. The summed E-state index contributed by atoms with van der Waals surface area (Å²) in [6.07, 6.45) is 0. The zero-order chi connectivity index (χ0) is 23.3. The van der Waals surface area contributed by atoms with Crippen molar-refractivity contribution in [3.63, 3.8) is 0 Å². The predicted molar refractivity (Wildman–Crippen MR) is 116 cm³/mol. The van der Waals surface area contributed by atoms with Crippen molar-refractivity contribution in [2.45, 2.75) is 60.2 Å². The number of H-pyrrole nitrogens is 1. The summed E-state index contributed by atoms with van der Waals surface area (Å²) < 4.78 is 18.3. The first-order chi connectivity index (χ1) is 14.6. The number of carbonyl (C=O) groups is 3. The highest BCUT2D eigenvalue weighted by Gasteiger charge is 2.31. The van der Waals surface area contributed by atoms with E-state index in [-0.39, 0.29) is 36.5 Å². The fraction of sp³-hybridized carbons (Fsp3) is 0.435. The Balaban J connectivity index is 2.38. The molecule has 0 bridgehead atoms. The van der Waals surface area contributed by atoms with Crippen LogP contribution in [0.1, 0.15) is 65.4 Å². The van der Waals surface area contributed by atoms with Gasteiger partial charge in [-0.3, -0.25) is 4.79 Å². The molecular weight excluding hydrogens is 401 g/mol. The highest BCUT2D eigenvalue weighted by atomic mass is 19.1. The molecule has 0 aliphatic rings. The second-order valence-corrected chi connectivity index (χ2v) is 7.74. The van der Waals surface area contributed by atoms with Crippen molar-refractivity contribution in [2.75, 3.05) is 6.61 Å². The minimum absolute atomic E-state index is 0.124. The maximum absolute atomic E-state index is 13.4. The van der Waals surface area contributed by atoms with Crippen LogP contribution in [-0.2, 0) is 11.3 Å². The van der Waals surface area contributed by atoms with Crippen molar-refractivity contribution in [3.8, 4) is 0 Å². The molecule has 0 aliphatic heterocycles. The van der Waals surface area contributed by atoms with E-state index in [1.807, 2.05) is 13.8 Å². The van der Waals surface area contributed by atoms with Gasteiger partial charge in [-0.25, -0.2) is 14.0 Å². The Hall–Kier alpha value is -3.16. The summed E-state index contributed by atoms with van der Waals surface area (Å²) in [4.78, 5) is 42.8. The molecule has 1 atom stereocenters. The predicted octanol–water partition coefficient (Wildman–Crippen LogP) is 4.14. The van der Waals surface area contributed by atoms with Crippen LogP contribution in [0.25, 0.3) is 0 Å². The number of aromatic amines is 1. The summed E-state index contributed by atoms with van der Waals surface area (Å²) >= 11 is 0. The third-order valence-corrected chi connectivity index (χ3v) is 4.95. The first kappa shape index (κ1) is 24.1. The Kier molecular flexibility index (Phi) is 7.96. The Morgan fingerprint density at radius 3 is 2.29 bits per heavy atom. The van der Waals surface area contributed by atoms with Crippen LogP contribution in [0.4, 0.5) is 9.18 Å². The molecule has 2 aromatic rings. The Bertz CT molecular complexity index is 950. The lowest BCUT2D eigenvalue weighted by Gasteiger charge is -2.30. The summed E-state index contributed by atoms with van der Waals surface area (Å²) in [6, 6.07) is 4.42. The van der Waals surface area contributed by atoms with E-state index in [0.717, 1.165) is 0 Å². The molecule has 31 heavy (non-hydrogen) atoms. The highest BCUT2D eigenvalue weighted by molar-refractivity contribution is 6.06. The number of aryl methyl sites for hydroxylation is 1. The number of Topliss-reactive ketones (excluding diaryl/α,β-unsaturated/α-hetero) is 1. The number of halogens is 1. The van der Waals surface area contributed by atoms with Crippen molar-refractivity contribution in [1.82, 2.24) is 15.2 Å². The molecule has 168 valence electrons. The molecule has 1 unspecified atom stereocenters. The average Bonchev–Trinajstić information content (AvgIpc) is 3.00. The van der Waals surface area contributed by atoms with E-state index in [9.17, 15) is 18.8 Å². The van der Waals surface area contributed by atoms with Gasteiger partial charge >= 0.3 is 12.0 Å². The zero-order valence-electron chi connectivity index (χ0n) is 18.8. The SMILES string of the molecule is CCOC(=O)c1[nH]c(C)c(C(=O)C(C)N(Cc2ccc(F)cc2)C(=O)NC(C)C)c1C. The number of amides is 2. The molecule has 7 nitrogen and oxygen atoms in total. The number of rotatable bonds is 8. The van der Waals surface area contributed by atoms with Crippen LogP contribution in [0.15, 0.2) is 24.3 Å². The van der Waals surface area contributed by atoms with Gasteiger partial charge in [0.25, 0.3) is 0 Å². The van der Waals surface area contributed by atoms with E-state index < -0.39 is 18.0 Å². The van der Waals surface area contributed by atoms with Gasteiger partial charge in [-0.2, -0.15) is 0 Å². The van der Waals surface area contributed by atoms with Gasteiger partial charge in [-0.15, -0.1) is 0 Å². The van der Waals surface area contributed by atoms with Gasteiger partial charge in [-0.05, 0) is 64.8 Å². The molecule has 0 fully saturated rings. The van der Waals surface area contributed by atoms with Crippen LogP contribution in [0.2, 0.25) is 0 Å². The Morgan fingerprint density at radius 2 is 1.74 bits per heavy atom. The first-order valence-corrected chi connectivity index (χ1v) is 10.3. The summed E-state index contributed by atoms with van der Waals surface area (Å²) in [7, 11) is 0. The summed E-state index contributed by atoms with van der Waals surface area (Å²) in [5.74, 6) is -1.21. The molecule has 0 radical (unpaired) electrons. The van der Waals surface area contributed by atoms with Crippen molar-refractivity contribution in [3.05, 3.63) is 58.2 Å². The van der Waals surface area contributed by atoms with Crippen molar-refractivity contribution < 1.29 is 23.5 Å². The number of ketones is 1. The smallest absolute Gasteiger partial charge is 0.355 e. The molecule has 8 heteroatoms. The second-order valence-electron chi connectivity index (χ2n) is 7.74. The largest absolute Gasteiger partial charge is 0.461 e. The molecule has 2 amide bonds. The lowest BCUT2D eigenvalue weighted by molar-refractivity contribution is 0.0519. The van der Waals surface area contributed by atoms with E-state index in [0.29, 0.717) is 22.4 Å². The minimum atomic E-state index is -0.827. The molecule has 0 saturated heterocycles. The first-order valence-electron chi connectivity index (χ1n) is 10.3. The number of carbonyl (C=O) groups excluding carboxylic acids is 3. The molecule has 2 rings (SSSR count). The molecular formula is C23H30FN3O4. The fourth-order valence-electron chi connectivity index (χ4n) is 3.38. The zero-order valence-corrected chi connectivity index (χ0v) is 18.8. The Morgan fingerprint density at radius 1 is 1.13 bits per heavy atom. The third-order valence-electron chi connectivity index (χ3n) is 4.95. The standard InChI is InChI=1S/C23H30FN3O4/c1-7-31-22(29)20-14(4)19(15(5)26-20)21(28)16(6)27(23(30)25-13(2)3)12-17-8-10-18(24)11-9-17/h8-11,13,16,26H,7,12H2,1-6H3,(H,25,30). The van der Waals surface area contributed by atoms with E-state index >= 15 is 0 Å². The number of urea groups is 1. The molecule has 0 saturated carbocycles. The molecule has 0 spiro atoms. The van der Waals surface area contributed by atoms with Crippen LogP contribution in [0, 0.1) is 19.7 Å². The topological polar surface area (TPSA) is 91.5 Å². The average molecular weight is 432 g/mol. The summed E-state index contributed by atoms with van der Waals surface area (Å²) in [5, 5.41) is 2.81. The normalized spacial score (nSPS) is 11.9. The monoisotopic (exact) mass is 431 g/mol. The van der Waals surface area contributed by atoms with Gasteiger partial charge in [0.15, 0.2) is 5.78 Å². The van der Waals surface area contributed by atoms with E-state index in [1.165, 1.54) is 17.0 Å². The van der Waals surface area contributed by atoms with Gasteiger partial charge in [0.1, 0.15) is 11.5 Å². The summed E-state index contributed by atoms with van der Waals surface area (Å²) in [6.45, 7) is 10.7.